The predicted octanol–water partition coefficient (Wildman–Crippen LogP) is 4.79. The van der Waals surface area contributed by atoms with E-state index >= 15 is 0 Å². The van der Waals surface area contributed by atoms with E-state index in [2.05, 4.69) is 10.4 Å². The first-order valence-corrected chi connectivity index (χ1v) is 8.26. The first kappa shape index (κ1) is 17.3. The lowest BCUT2D eigenvalue weighted by Crippen LogP contribution is -2.20. The maximum absolute atomic E-state index is 12.5. The van der Waals surface area contributed by atoms with Crippen molar-refractivity contribution < 1.29 is 9.53 Å². The molecule has 0 aliphatic heterocycles. The highest BCUT2D eigenvalue weighted by Crippen LogP contribution is 2.21. The van der Waals surface area contributed by atoms with Gasteiger partial charge < -0.3 is 10.1 Å². The zero-order valence-corrected chi connectivity index (χ0v) is 14.9. The van der Waals surface area contributed by atoms with Gasteiger partial charge in [-0.05, 0) is 55.0 Å². The van der Waals surface area contributed by atoms with E-state index in [1.807, 2.05) is 13.0 Å². The van der Waals surface area contributed by atoms with Gasteiger partial charge in [0.15, 0.2) is 6.73 Å². The molecule has 128 valence electrons. The fourth-order valence-electron chi connectivity index (χ4n) is 2.21. The van der Waals surface area contributed by atoms with E-state index in [0.29, 0.717) is 27.2 Å². The number of carbonyl (C=O) groups excluding carboxylic acids is 1. The molecule has 0 aliphatic carbocycles. The molecule has 0 aliphatic rings. The van der Waals surface area contributed by atoms with Crippen molar-refractivity contribution >= 4 is 34.8 Å². The average molecular weight is 376 g/mol. The topological polar surface area (TPSA) is 56.2 Å². The van der Waals surface area contributed by atoms with Gasteiger partial charge in [-0.2, -0.15) is 5.10 Å². The van der Waals surface area contributed by atoms with Crippen LogP contribution in [0.3, 0.4) is 0 Å². The molecule has 1 aromatic heterocycles. The molecule has 2 aromatic carbocycles. The number of rotatable bonds is 5. The van der Waals surface area contributed by atoms with Crippen LogP contribution in [0.4, 0.5) is 5.69 Å². The number of aryl methyl sites for hydroxylation is 1. The van der Waals surface area contributed by atoms with Gasteiger partial charge in [-0.1, -0.05) is 29.3 Å². The Hall–Kier alpha value is -2.50. The average Bonchev–Trinajstić information content (AvgIpc) is 3.06. The Morgan fingerprint density at radius 2 is 1.84 bits per heavy atom. The van der Waals surface area contributed by atoms with Crippen molar-refractivity contribution in [1.29, 1.82) is 0 Å². The Morgan fingerprint density at radius 1 is 1.12 bits per heavy atom. The summed E-state index contributed by atoms with van der Waals surface area (Å²) in [5.74, 6) is 0.347. The Labute approximate surface area is 155 Å². The smallest absolute Gasteiger partial charge is 0.274 e. The second kappa shape index (κ2) is 7.59. The third-order valence-corrected chi connectivity index (χ3v) is 4.05. The fraction of sp³-hybridized carbons (Fsp3) is 0.111. The van der Waals surface area contributed by atoms with Crippen molar-refractivity contribution in [3.63, 3.8) is 0 Å². The molecule has 0 saturated carbocycles. The summed E-state index contributed by atoms with van der Waals surface area (Å²) in [6.07, 6.45) is 1.55. The van der Waals surface area contributed by atoms with Crippen LogP contribution in [0.5, 0.6) is 5.75 Å². The zero-order valence-electron chi connectivity index (χ0n) is 13.4. The van der Waals surface area contributed by atoms with Crippen molar-refractivity contribution in [2.45, 2.75) is 13.7 Å². The number of nitrogens with one attached hydrogen (secondary N) is 1. The van der Waals surface area contributed by atoms with Gasteiger partial charge in [0.05, 0.1) is 0 Å². The Kier molecular flexibility index (Phi) is 5.26. The third kappa shape index (κ3) is 4.32. The summed E-state index contributed by atoms with van der Waals surface area (Å²) in [6, 6.07) is 13.9. The molecule has 0 radical (unpaired) electrons. The highest BCUT2D eigenvalue weighted by atomic mass is 35.5. The number of halogens is 2. The molecule has 3 aromatic rings. The minimum atomic E-state index is -0.289. The van der Waals surface area contributed by atoms with Crippen LogP contribution in [0.2, 0.25) is 10.0 Å². The molecule has 7 heteroatoms. The molecule has 0 bridgehead atoms. The van der Waals surface area contributed by atoms with E-state index in [4.69, 9.17) is 27.9 Å². The molecule has 0 spiro atoms. The van der Waals surface area contributed by atoms with Gasteiger partial charge in [-0.3, -0.25) is 4.79 Å². The molecular formula is C18H15Cl2N3O2. The van der Waals surface area contributed by atoms with Crippen LogP contribution in [-0.4, -0.2) is 15.7 Å². The normalized spacial score (nSPS) is 10.5. The number of anilines is 1. The molecule has 3 rings (SSSR count). The van der Waals surface area contributed by atoms with Crippen LogP contribution in [0.1, 0.15) is 16.1 Å². The Morgan fingerprint density at radius 3 is 2.60 bits per heavy atom. The zero-order chi connectivity index (χ0) is 17.8. The standard InChI is InChI=1S/C18H15Cl2N3O2/c1-12-2-3-14(20)10-16(12)22-18(24)17-8-9-21-23(17)11-25-15-6-4-13(19)5-7-15/h2-10H,11H2,1H3,(H,22,24). The van der Waals surface area contributed by atoms with Gasteiger partial charge in [-0.25, -0.2) is 4.68 Å². The van der Waals surface area contributed by atoms with Gasteiger partial charge in [0.2, 0.25) is 0 Å². The van der Waals surface area contributed by atoms with Crippen LogP contribution < -0.4 is 10.1 Å². The summed E-state index contributed by atoms with van der Waals surface area (Å²) in [6.45, 7) is 2.00. The van der Waals surface area contributed by atoms with Gasteiger partial charge in [0.25, 0.3) is 5.91 Å². The van der Waals surface area contributed by atoms with Crippen molar-refractivity contribution in [2.75, 3.05) is 5.32 Å². The minimum absolute atomic E-state index is 0.103. The van der Waals surface area contributed by atoms with Crippen molar-refractivity contribution in [1.82, 2.24) is 9.78 Å². The van der Waals surface area contributed by atoms with Crippen LogP contribution >= 0.6 is 23.2 Å². The molecule has 1 N–H and O–H groups in total. The SMILES string of the molecule is Cc1ccc(Cl)cc1NC(=O)c1ccnn1COc1ccc(Cl)cc1. The lowest BCUT2D eigenvalue weighted by Gasteiger charge is -2.11. The maximum atomic E-state index is 12.5. The summed E-state index contributed by atoms with van der Waals surface area (Å²) in [5, 5.41) is 8.16. The second-order valence-corrected chi connectivity index (χ2v) is 6.23. The summed E-state index contributed by atoms with van der Waals surface area (Å²) < 4.78 is 7.11. The van der Waals surface area contributed by atoms with Crippen molar-refractivity contribution in [3.8, 4) is 5.75 Å². The summed E-state index contributed by atoms with van der Waals surface area (Å²) in [7, 11) is 0. The lowest BCUT2D eigenvalue weighted by molar-refractivity contribution is 0.100. The van der Waals surface area contributed by atoms with Crippen molar-refractivity contribution in [3.05, 3.63) is 76.0 Å². The molecular weight excluding hydrogens is 361 g/mol. The lowest BCUT2D eigenvalue weighted by atomic mass is 10.2. The van der Waals surface area contributed by atoms with Gasteiger partial charge in [-0.15, -0.1) is 0 Å². The third-order valence-electron chi connectivity index (χ3n) is 3.56. The number of carbonyl (C=O) groups is 1. The fourth-order valence-corrected chi connectivity index (χ4v) is 2.51. The van der Waals surface area contributed by atoms with E-state index in [9.17, 15) is 4.79 Å². The van der Waals surface area contributed by atoms with E-state index in [1.165, 1.54) is 4.68 Å². The first-order chi connectivity index (χ1) is 12.0. The highest BCUT2D eigenvalue weighted by Gasteiger charge is 2.14. The maximum Gasteiger partial charge on any atom is 0.274 e. The number of nitrogens with zero attached hydrogens (tertiary/aromatic N) is 2. The first-order valence-electron chi connectivity index (χ1n) is 7.50. The summed E-state index contributed by atoms with van der Waals surface area (Å²) >= 11 is 11.8. The quantitative estimate of drug-likeness (QED) is 0.697. The van der Waals surface area contributed by atoms with Crippen LogP contribution in [0, 0.1) is 6.92 Å². The van der Waals surface area contributed by atoms with E-state index in [1.54, 1.807) is 48.7 Å². The second-order valence-electron chi connectivity index (χ2n) is 5.36. The largest absolute Gasteiger partial charge is 0.471 e. The summed E-state index contributed by atoms with van der Waals surface area (Å²) in [5.41, 5.74) is 1.96. The Balaban J connectivity index is 1.71. The molecule has 0 saturated heterocycles. The molecule has 0 unspecified atom stereocenters. The number of aromatic nitrogens is 2. The van der Waals surface area contributed by atoms with Crippen LogP contribution in [0.25, 0.3) is 0 Å². The number of ether oxygens (including phenoxy) is 1. The molecule has 25 heavy (non-hydrogen) atoms. The minimum Gasteiger partial charge on any atom is -0.471 e. The highest BCUT2D eigenvalue weighted by molar-refractivity contribution is 6.31. The van der Waals surface area contributed by atoms with Crippen LogP contribution in [-0.2, 0) is 6.73 Å². The molecule has 1 heterocycles. The Bertz CT molecular complexity index is 892. The predicted molar refractivity (Wildman–Crippen MR) is 98.4 cm³/mol. The molecule has 1 amide bonds. The van der Waals surface area contributed by atoms with E-state index in [0.717, 1.165) is 5.56 Å². The van der Waals surface area contributed by atoms with Crippen LogP contribution in [0.15, 0.2) is 54.7 Å². The molecule has 5 nitrogen and oxygen atoms in total. The number of hydrogen-bond acceptors (Lipinski definition) is 3. The molecule has 0 fully saturated rings. The van der Waals surface area contributed by atoms with Gasteiger partial charge in [0, 0.05) is 21.9 Å². The monoisotopic (exact) mass is 375 g/mol. The van der Waals surface area contributed by atoms with E-state index < -0.39 is 0 Å². The summed E-state index contributed by atoms with van der Waals surface area (Å²) in [4.78, 5) is 12.5. The van der Waals surface area contributed by atoms with Gasteiger partial charge >= 0.3 is 0 Å². The number of amides is 1. The molecule has 0 atom stereocenters. The number of benzene rings is 2. The van der Waals surface area contributed by atoms with Crippen molar-refractivity contribution in [2.24, 2.45) is 0 Å². The number of hydrogen-bond donors (Lipinski definition) is 1. The van der Waals surface area contributed by atoms with E-state index in [-0.39, 0.29) is 12.6 Å². The van der Waals surface area contributed by atoms with Gasteiger partial charge in [0.1, 0.15) is 11.4 Å².